The van der Waals surface area contributed by atoms with Crippen molar-refractivity contribution >= 4 is 18.0 Å². The fourth-order valence-corrected chi connectivity index (χ4v) is 5.08. The number of ether oxygens (including phenoxy) is 1. The summed E-state index contributed by atoms with van der Waals surface area (Å²) in [4.78, 5) is 35.8. The van der Waals surface area contributed by atoms with Gasteiger partial charge in [0.1, 0.15) is 6.61 Å². The van der Waals surface area contributed by atoms with E-state index in [2.05, 4.69) is 34.9 Å². The summed E-state index contributed by atoms with van der Waals surface area (Å²) in [5.74, 6) is -2.11. The highest BCUT2D eigenvalue weighted by molar-refractivity contribution is 5.81. The molecule has 0 radical (unpaired) electrons. The molecule has 8 heteroatoms. The van der Waals surface area contributed by atoms with E-state index in [-0.39, 0.29) is 36.8 Å². The van der Waals surface area contributed by atoms with E-state index in [4.69, 9.17) is 9.84 Å². The summed E-state index contributed by atoms with van der Waals surface area (Å²) in [7, 11) is 0. The summed E-state index contributed by atoms with van der Waals surface area (Å²) in [5, 5.41) is 23.5. The normalized spacial score (nSPS) is 20.0. The lowest BCUT2D eigenvalue weighted by atomic mass is 9.78. The van der Waals surface area contributed by atoms with Crippen molar-refractivity contribution < 1.29 is 29.3 Å². The first kappa shape index (κ1) is 23.8. The van der Waals surface area contributed by atoms with Crippen molar-refractivity contribution in [3.63, 3.8) is 0 Å². The zero-order valence-electron chi connectivity index (χ0n) is 18.9. The Bertz CT molecular complexity index is 1010. The number of fused-ring (bicyclic) bond motifs is 3. The number of benzene rings is 2. The maximum absolute atomic E-state index is 12.6. The van der Waals surface area contributed by atoms with Gasteiger partial charge in [0.15, 0.2) is 6.10 Å². The molecule has 1 fully saturated rings. The lowest BCUT2D eigenvalue weighted by molar-refractivity contribution is -0.146. The number of carboxylic acids is 1. The quantitative estimate of drug-likeness (QED) is 0.474. The van der Waals surface area contributed by atoms with Crippen LogP contribution in [0.5, 0.6) is 0 Å². The predicted octanol–water partition coefficient (Wildman–Crippen LogP) is 2.89. The lowest BCUT2D eigenvalue weighted by Crippen LogP contribution is -2.44. The van der Waals surface area contributed by atoms with E-state index in [9.17, 15) is 19.5 Å². The molecule has 4 rings (SSSR count). The molecule has 0 heterocycles. The Kier molecular flexibility index (Phi) is 7.47. The number of nitrogens with one attached hydrogen (secondary N) is 2. The third-order valence-electron chi connectivity index (χ3n) is 6.85. The van der Waals surface area contributed by atoms with Gasteiger partial charge >= 0.3 is 12.1 Å². The highest BCUT2D eigenvalue weighted by Gasteiger charge is 2.32. The molecule has 4 N–H and O–H groups in total. The third-order valence-corrected chi connectivity index (χ3v) is 6.85. The number of carboxylic acid groups (broad SMARTS) is 1. The van der Waals surface area contributed by atoms with Crippen LogP contribution < -0.4 is 10.6 Å². The number of hydrogen-bond acceptors (Lipinski definition) is 5. The minimum absolute atomic E-state index is 0.0213. The van der Waals surface area contributed by atoms with Crippen molar-refractivity contribution in [2.45, 2.75) is 37.7 Å². The Balaban J connectivity index is 1.30. The van der Waals surface area contributed by atoms with E-state index in [1.54, 1.807) is 0 Å². The van der Waals surface area contributed by atoms with Crippen molar-refractivity contribution in [3.05, 3.63) is 59.7 Å². The van der Waals surface area contributed by atoms with Crippen LogP contribution in [0.3, 0.4) is 0 Å². The Labute approximate surface area is 198 Å². The highest BCUT2D eigenvalue weighted by atomic mass is 16.5. The van der Waals surface area contributed by atoms with Crippen molar-refractivity contribution in [1.29, 1.82) is 0 Å². The van der Waals surface area contributed by atoms with Gasteiger partial charge in [0.2, 0.25) is 5.91 Å². The molecule has 2 amide bonds. The Hall–Kier alpha value is -3.39. The number of alkyl carbamates (subject to hydrolysis) is 1. The number of aliphatic carboxylic acids is 1. The number of rotatable bonds is 8. The van der Waals surface area contributed by atoms with Gasteiger partial charge in [-0.15, -0.1) is 0 Å². The second-order valence-electron chi connectivity index (χ2n) is 8.96. The summed E-state index contributed by atoms with van der Waals surface area (Å²) in [6.45, 7) is 0.189. The van der Waals surface area contributed by atoms with Crippen molar-refractivity contribution in [2.24, 2.45) is 11.8 Å². The molecule has 0 bridgehead atoms. The summed E-state index contributed by atoms with van der Waals surface area (Å²) in [5.41, 5.74) is 4.61. The van der Waals surface area contributed by atoms with Crippen LogP contribution >= 0.6 is 0 Å². The van der Waals surface area contributed by atoms with Crippen LogP contribution in [0.15, 0.2) is 48.5 Å². The maximum atomic E-state index is 12.6. The average Bonchev–Trinajstić information content (AvgIpc) is 3.18. The van der Waals surface area contributed by atoms with Crippen LogP contribution in [0.2, 0.25) is 0 Å². The van der Waals surface area contributed by atoms with Crippen LogP contribution in [0.4, 0.5) is 4.79 Å². The topological polar surface area (TPSA) is 125 Å². The van der Waals surface area contributed by atoms with Crippen LogP contribution in [0, 0.1) is 11.8 Å². The summed E-state index contributed by atoms with van der Waals surface area (Å²) < 4.78 is 5.58. The number of carbonyl (C=O) groups excluding carboxylic acids is 2. The van der Waals surface area contributed by atoms with Gasteiger partial charge in [0.05, 0.1) is 6.54 Å². The maximum Gasteiger partial charge on any atom is 0.407 e. The summed E-state index contributed by atoms with van der Waals surface area (Å²) in [6.07, 6.45) is 1.13. The number of carbonyl (C=O) groups is 3. The fourth-order valence-electron chi connectivity index (χ4n) is 5.08. The molecule has 34 heavy (non-hydrogen) atoms. The standard InChI is InChI=1S/C26H30N2O6/c29-23(25(31)32)14-27-24(30)17-8-2-1-7-16(17)13-28-26(33)34-15-22-20-11-5-3-9-18(20)19-10-4-6-12-21(19)22/h3-6,9-12,16-17,22-23,29H,1-2,7-8,13-15H2,(H,27,30)(H,28,33)(H,31,32)/t16-,17-,23+/m1/s1. The highest BCUT2D eigenvalue weighted by Crippen LogP contribution is 2.44. The van der Waals surface area contributed by atoms with E-state index in [1.165, 1.54) is 0 Å². The second kappa shape index (κ2) is 10.7. The van der Waals surface area contributed by atoms with E-state index >= 15 is 0 Å². The second-order valence-corrected chi connectivity index (χ2v) is 8.96. The minimum Gasteiger partial charge on any atom is -0.479 e. The molecule has 2 aliphatic carbocycles. The lowest BCUT2D eigenvalue weighted by Gasteiger charge is -2.30. The molecule has 2 aromatic carbocycles. The third kappa shape index (κ3) is 5.22. The van der Waals surface area contributed by atoms with Gasteiger partial charge in [0, 0.05) is 18.4 Å². The number of amides is 2. The average molecular weight is 467 g/mol. The molecule has 0 saturated heterocycles. The summed E-state index contributed by atoms with van der Waals surface area (Å²) >= 11 is 0. The molecular weight excluding hydrogens is 436 g/mol. The zero-order chi connectivity index (χ0) is 24.1. The molecule has 1 saturated carbocycles. The van der Waals surface area contributed by atoms with Gasteiger partial charge in [-0.05, 0) is 41.0 Å². The van der Waals surface area contributed by atoms with Crippen LogP contribution in [-0.4, -0.2) is 54.0 Å². The first-order valence-electron chi connectivity index (χ1n) is 11.7. The number of aliphatic hydroxyl groups excluding tert-OH is 1. The number of aliphatic hydroxyl groups is 1. The van der Waals surface area contributed by atoms with Crippen molar-refractivity contribution in [2.75, 3.05) is 19.7 Å². The molecule has 3 atom stereocenters. The fraction of sp³-hybridized carbons (Fsp3) is 0.423. The van der Waals surface area contributed by atoms with Crippen LogP contribution in [-0.2, 0) is 14.3 Å². The van der Waals surface area contributed by atoms with Gasteiger partial charge in [0.25, 0.3) is 0 Å². The molecule has 0 aromatic heterocycles. The molecule has 180 valence electrons. The Morgan fingerprint density at radius 2 is 1.56 bits per heavy atom. The molecule has 8 nitrogen and oxygen atoms in total. The van der Waals surface area contributed by atoms with E-state index in [0.29, 0.717) is 13.0 Å². The van der Waals surface area contributed by atoms with Gasteiger partial charge < -0.3 is 25.6 Å². The first-order valence-corrected chi connectivity index (χ1v) is 11.7. The summed E-state index contributed by atoms with van der Waals surface area (Å²) in [6, 6.07) is 16.3. The van der Waals surface area contributed by atoms with Gasteiger partial charge in [-0.2, -0.15) is 0 Å². The minimum atomic E-state index is -1.63. The first-order chi connectivity index (χ1) is 16.5. The van der Waals surface area contributed by atoms with Gasteiger partial charge in [-0.3, -0.25) is 4.79 Å². The smallest absolute Gasteiger partial charge is 0.407 e. The molecule has 0 unspecified atom stereocenters. The Morgan fingerprint density at radius 3 is 2.21 bits per heavy atom. The SMILES string of the molecule is O=C(NC[C@H]1CCCC[C@H]1C(=O)NC[C@H](O)C(=O)O)OCC1c2ccccc2-c2ccccc21. The zero-order valence-corrected chi connectivity index (χ0v) is 18.9. The number of hydrogen-bond donors (Lipinski definition) is 4. The molecule has 2 aliphatic rings. The van der Waals surface area contributed by atoms with Crippen LogP contribution in [0.25, 0.3) is 11.1 Å². The largest absolute Gasteiger partial charge is 0.479 e. The molecule has 0 aliphatic heterocycles. The van der Waals surface area contributed by atoms with Crippen molar-refractivity contribution in [3.8, 4) is 11.1 Å². The van der Waals surface area contributed by atoms with E-state index < -0.39 is 18.2 Å². The Morgan fingerprint density at radius 1 is 0.941 bits per heavy atom. The van der Waals surface area contributed by atoms with E-state index in [0.717, 1.165) is 41.5 Å². The van der Waals surface area contributed by atoms with Crippen LogP contribution in [0.1, 0.15) is 42.7 Å². The molecular formula is C26H30N2O6. The van der Waals surface area contributed by atoms with Crippen molar-refractivity contribution in [1.82, 2.24) is 10.6 Å². The molecule has 2 aromatic rings. The predicted molar refractivity (Wildman–Crippen MR) is 125 cm³/mol. The van der Waals surface area contributed by atoms with Gasteiger partial charge in [-0.1, -0.05) is 61.4 Å². The van der Waals surface area contributed by atoms with Gasteiger partial charge in [-0.25, -0.2) is 9.59 Å². The monoisotopic (exact) mass is 466 g/mol. The van der Waals surface area contributed by atoms with E-state index in [1.807, 2.05) is 24.3 Å². The molecule has 0 spiro atoms.